The maximum atomic E-state index is 13.3. The number of nitrogens with zero attached hydrogens (tertiary/aromatic N) is 1. The number of carbonyl (C=O) groups excluding carboxylic acids is 3. The van der Waals surface area contributed by atoms with Crippen molar-refractivity contribution in [3.05, 3.63) is 65.7 Å². The number of likely N-dealkylation sites (tertiary alicyclic amines) is 1. The van der Waals surface area contributed by atoms with E-state index in [9.17, 15) is 23.2 Å². The summed E-state index contributed by atoms with van der Waals surface area (Å²) in [6, 6.07) is 12.1. The van der Waals surface area contributed by atoms with E-state index in [2.05, 4.69) is 5.32 Å². The van der Waals surface area contributed by atoms with Crippen molar-refractivity contribution in [3.63, 3.8) is 0 Å². The lowest BCUT2D eigenvalue weighted by Gasteiger charge is -2.40. The molecule has 0 atom stereocenters. The number of benzene rings is 2. The number of halogens is 2. The van der Waals surface area contributed by atoms with Crippen LogP contribution in [0.4, 0.5) is 14.5 Å². The maximum absolute atomic E-state index is 13.3. The van der Waals surface area contributed by atoms with Gasteiger partial charge in [-0.1, -0.05) is 30.3 Å². The smallest absolute Gasteiger partial charge is 0.317 e. The van der Waals surface area contributed by atoms with Crippen LogP contribution in [0.15, 0.2) is 48.5 Å². The molecule has 1 aliphatic heterocycles. The molecule has 2 amide bonds. The van der Waals surface area contributed by atoms with Gasteiger partial charge in [0, 0.05) is 31.8 Å². The number of hydrogen-bond acceptors (Lipinski definition) is 4. The van der Waals surface area contributed by atoms with Gasteiger partial charge in [0.15, 0.2) is 18.2 Å². The van der Waals surface area contributed by atoms with Crippen LogP contribution < -0.4 is 5.32 Å². The zero-order valence-corrected chi connectivity index (χ0v) is 16.5. The Balaban J connectivity index is 1.69. The molecule has 0 radical (unpaired) electrons. The summed E-state index contributed by atoms with van der Waals surface area (Å²) in [6.07, 6.45) is 0.750. The van der Waals surface area contributed by atoms with Crippen molar-refractivity contribution in [1.29, 1.82) is 0 Å². The molecule has 1 heterocycles. The molecule has 158 valence electrons. The molecule has 1 saturated heterocycles. The maximum Gasteiger partial charge on any atom is 0.317 e. The number of amides is 2. The largest absolute Gasteiger partial charge is 0.455 e. The molecule has 6 nitrogen and oxygen atoms in total. The summed E-state index contributed by atoms with van der Waals surface area (Å²) >= 11 is 0. The fourth-order valence-corrected chi connectivity index (χ4v) is 3.61. The minimum absolute atomic E-state index is 0.0579. The van der Waals surface area contributed by atoms with E-state index in [0.29, 0.717) is 25.9 Å². The number of piperidine rings is 1. The number of esters is 1. The van der Waals surface area contributed by atoms with E-state index in [1.807, 2.05) is 30.3 Å². The molecule has 8 heteroatoms. The first-order valence-electron chi connectivity index (χ1n) is 9.55. The van der Waals surface area contributed by atoms with E-state index in [0.717, 1.165) is 17.7 Å². The Labute approximate surface area is 172 Å². The van der Waals surface area contributed by atoms with Crippen molar-refractivity contribution in [1.82, 2.24) is 4.90 Å². The zero-order chi connectivity index (χ0) is 21.7. The van der Waals surface area contributed by atoms with Crippen molar-refractivity contribution in [3.8, 4) is 0 Å². The molecule has 0 bridgehead atoms. The first kappa shape index (κ1) is 21.4. The Morgan fingerprint density at radius 1 is 1.03 bits per heavy atom. The molecule has 3 rings (SSSR count). The van der Waals surface area contributed by atoms with Crippen LogP contribution in [0.2, 0.25) is 0 Å². The predicted molar refractivity (Wildman–Crippen MR) is 106 cm³/mol. The molecule has 30 heavy (non-hydrogen) atoms. The number of carbonyl (C=O) groups is 3. The molecule has 0 aromatic heterocycles. The Bertz CT molecular complexity index is 941. The second-order valence-corrected chi connectivity index (χ2v) is 7.21. The van der Waals surface area contributed by atoms with Crippen LogP contribution in [0.3, 0.4) is 0 Å². The van der Waals surface area contributed by atoms with Gasteiger partial charge in [0.25, 0.3) is 5.91 Å². The lowest BCUT2D eigenvalue weighted by Crippen LogP contribution is -2.49. The van der Waals surface area contributed by atoms with Gasteiger partial charge in [0.1, 0.15) is 0 Å². The van der Waals surface area contributed by atoms with Crippen LogP contribution in [0.5, 0.6) is 0 Å². The van der Waals surface area contributed by atoms with Gasteiger partial charge in [-0.3, -0.25) is 14.4 Å². The summed E-state index contributed by atoms with van der Waals surface area (Å²) in [6.45, 7) is 1.72. The predicted octanol–water partition coefficient (Wildman–Crippen LogP) is 3.03. The summed E-state index contributed by atoms with van der Waals surface area (Å²) in [5, 5.41) is 2.37. The molecule has 0 spiro atoms. The van der Waals surface area contributed by atoms with Crippen LogP contribution in [0.1, 0.15) is 25.3 Å². The van der Waals surface area contributed by atoms with Crippen molar-refractivity contribution in [2.75, 3.05) is 25.0 Å². The molecule has 1 fully saturated rings. The van der Waals surface area contributed by atoms with Crippen molar-refractivity contribution in [2.24, 2.45) is 0 Å². The second-order valence-electron chi connectivity index (χ2n) is 7.21. The van der Waals surface area contributed by atoms with Gasteiger partial charge >= 0.3 is 5.97 Å². The summed E-state index contributed by atoms with van der Waals surface area (Å²) < 4.78 is 31.6. The van der Waals surface area contributed by atoms with Crippen molar-refractivity contribution >= 4 is 23.5 Å². The zero-order valence-electron chi connectivity index (χ0n) is 16.5. The molecule has 0 unspecified atom stereocenters. The standard InChI is InChI=1S/C22H22F2N2O4/c1-15(27)26-11-9-22(10-12-26,16-5-3-2-4-6-16)21(29)30-14-20(28)25-17-7-8-18(23)19(24)13-17/h2-8,13H,9-12,14H2,1H3,(H,25,28). The normalized spacial score (nSPS) is 15.4. The van der Waals surface area contributed by atoms with Gasteiger partial charge in [-0.2, -0.15) is 0 Å². The molecule has 1 N–H and O–H groups in total. The first-order valence-corrected chi connectivity index (χ1v) is 9.55. The second kappa shape index (κ2) is 9.02. The van der Waals surface area contributed by atoms with Crippen LogP contribution >= 0.6 is 0 Å². The van der Waals surface area contributed by atoms with Gasteiger partial charge in [-0.05, 0) is 30.5 Å². The molecule has 0 saturated carbocycles. The molecule has 2 aromatic rings. The SMILES string of the molecule is CC(=O)N1CCC(C(=O)OCC(=O)Nc2ccc(F)c(F)c2)(c2ccccc2)CC1. The van der Waals surface area contributed by atoms with Gasteiger partial charge < -0.3 is 15.0 Å². The number of anilines is 1. The highest BCUT2D eigenvalue weighted by atomic mass is 19.2. The van der Waals surface area contributed by atoms with Crippen LogP contribution in [-0.2, 0) is 24.5 Å². The summed E-state index contributed by atoms with van der Waals surface area (Å²) in [7, 11) is 0. The third kappa shape index (κ3) is 4.64. The first-order chi connectivity index (χ1) is 14.3. The highest BCUT2D eigenvalue weighted by Crippen LogP contribution is 2.37. The summed E-state index contributed by atoms with van der Waals surface area (Å²) in [4.78, 5) is 38.5. The lowest BCUT2D eigenvalue weighted by molar-refractivity contribution is -0.156. The highest BCUT2D eigenvalue weighted by Gasteiger charge is 2.44. The minimum Gasteiger partial charge on any atom is -0.455 e. The topological polar surface area (TPSA) is 75.7 Å². The van der Waals surface area contributed by atoms with E-state index in [1.54, 1.807) is 4.90 Å². The quantitative estimate of drug-likeness (QED) is 0.761. The van der Waals surface area contributed by atoms with E-state index < -0.39 is 35.5 Å². The van der Waals surface area contributed by atoms with Crippen molar-refractivity contribution in [2.45, 2.75) is 25.2 Å². The van der Waals surface area contributed by atoms with Gasteiger partial charge in [0.05, 0.1) is 5.41 Å². The molecular formula is C22H22F2N2O4. The highest BCUT2D eigenvalue weighted by molar-refractivity contribution is 5.94. The third-order valence-corrected chi connectivity index (χ3v) is 5.32. The Kier molecular flexibility index (Phi) is 6.44. The Morgan fingerprint density at radius 2 is 1.70 bits per heavy atom. The third-order valence-electron chi connectivity index (χ3n) is 5.32. The van der Waals surface area contributed by atoms with E-state index in [1.165, 1.54) is 13.0 Å². The number of rotatable bonds is 5. The fraction of sp³-hybridized carbons (Fsp3) is 0.318. The van der Waals surface area contributed by atoms with E-state index in [-0.39, 0.29) is 11.6 Å². The van der Waals surface area contributed by atoms with Gasteiger partial charge in [0.2, 0.25) is 5.91 Å². The number of ether oxygens (including phenoxy) is 1. The van der Waals surface area contributed by atoms with Crippen LogP contribution in [-0.4, -0.2) is 42.4 Å². The Hall–Kier alpha value is -3.29. The summed E-state index contributed by atoms with van der Waals surface area (Å²) in [5.41, 5.74) is -0.142. The molecule has 1 aliphatic rings. The fourth-order valence-electron chi connectivity index (χ4n) is 3.61. The van der Waals surface area contributed by atoms with Crippen molar-refractivity contribution < 1.29 is 27.9 Å². The van der Waals surface area contributed by atoms with Crippen LogP contribution in [0.25, 0.3) is 0 Å². The molecular weight excluding hydrogens is 394 g/mol. The summed E-state index contributed by atoms with van der Waals surface area (Å²) in [5.74, 6) is -3.40. The van der Waals surface area contributed by atoms with Gasteiger partial charge in [-0.15, -0.1) is 0 Å². The average molecular weight is 416 g/mol. The van der Waals surface area contributed by atoms with Gasteiger partial charge in [-0.25, -0.2) is 8.78 Å². The van der Waals surface area contributed by atoms with E-state index in [4.69, 9.17) is 4.74 Å². The van der Waals surface area contributed by atoms with E-state index >= 15 is 0 Å². The van der Waals surface area contributed by atoms with Crippen LogP contribution in [0, 0.1) is 11.6 Å². The molecule has 0 aliphatic carbocycles. The minimum atomic E-state index is -1.09. The number of nitrogens with one attached hydrogen (secondary N) is 1. The monoisotopic (exact) mass is 416 g/mol. The number of hydrogen-bond donors (Lipinski definition) is 1. The Morgan fingerprint density at radius 3 is 2.30 bits per heavy atom. The molecule has 2 aromatic carbocycles. The average Bonchev–Trinajstić information content (AvgIpc) is 2.75. The lowest BCUT2D eigenvalue weighted by atomic mass is 9.72.